The van der Waals surface area contributed by atoms with E-state index in [4.69, 9.17) is 11.6 Å². The quantitative estimate of drug-likeness (QED) is 0.791. The van der Waals surface area contributed by atoms with Gasteiger partial charge in [-0.05, 0) is 30.5 Å². The third-order valence-electron chi connectivity index (χ3n) is 4.20. The fraction of sp³-hybridized carbons (Fsp3) is 0.467. The molecule has 0 aliphatic carbocycles. The standard InChI is InChI=1S/C15H17ClN2O4S2/c16-12-3-1-2-11(8-12)10-24(21,22)17-6-4-13(5-7-17)18-14(19)9-23-15(18)20/h1-3,8,13H,4-7,9-10H2. The van der Waals surface area contributed by atoms with E-state index in [-0.39, 0.29) is 28.7 Å². The number of hydrogen-bond acceptors (Lipinski definition) is 5. The average molecular weight is 389 g/mol. The zero-order valence-electron chi connectivity index (χ0n) is 12.9. The van der Waals surface area contributed by atoms with Crippen LogP contribution in [0, 0.1) is 0 Å². The van der Waals surface area contributed by atoms with Crippen molar-refractivity contribution in [3.8, 4) is 0 Å². The first kappa shape index (κ1) is 17.7. The first-order valence-corrected chi connectivity index (χ1v) is 10.6. The Kier molecular flexibility index (Phi) is 5.19. The normalized spacial score (nSPS) is 20.8. The second-order valence-corrected chi connectivity index (χ2v) is 9.17. The fourth-order valence-corrected chi connectivity index (χ4v) is 5.56. The lowest BCUT2D eigenvalue weighted by Crippen LogP contribution is -2.48. The van der Waals surface area contributed by atoms with Crippen LogP contribution < -0.4 is 0 Å². The second-order valence-electron chi connectivity index (χ2n) is 5.83. The molecule has 0 radical (unpaired) electrons. The van der Waals surface area contributed by atoms with E-state index in [1.165, 1.54) is 9.21 Å². The summed E-state index contributed by atoms with van der Waals surface area (Å²) in [6, 6.07) is 6.60. The van der Waals surface area contributed by atoms with Gasteiger partial charge in [-0.15, -0.1) is 0 Å². The van der Waals surface area contributed by atoms with Gasteiger partial charge in [-0.1, -0.05) is 35.5 Å². The van der Waals surface area contributed by atoms with Crippen LogP contribution in [0.4, 0.5) is 4.79 Å². The third kappa shape index (κ3) is 3.77. The van der Waals surface area contributed by atoms with E-state index in [0.717, 1.165) is 11.8 Å². The third-order valence-corrected chi connectivity index (χ3v) is 7.12. The Morgan fingerprint density at radius 3 is 2.50 bits per heavy atom. The van der Waals surface area contributed by atoms with Crippen molar-refractivity contribution in [3.05, 3.63) is 34.9 Å². The molecule has 2 aliphatic rings. The zero-order valence-corrected chi connectivity index (χ0v) is 15.2. The van der Waals surface area contributed by atoms with Crippen molar-refractivity contribution in [1.82, 2.24) is 9.21 Å². The molecule has 9 heteroatoms. The van der Waals surface area contributed by atoms with Crippen LogP contribution in [0.25, 0.3) is 0 Å². The Morgan fingerprint density at radius 2 is 1.92 bits per heavy atom. The van der Waals surface area contributed by atoms with E-state index in [1.807, 2.05) is 0 Å². The highest BCUT2D eigenvalue weighted by molar-refractivity contribution is 8.14. The molecule has 0 saturated carbocycles. The molecule has 0 N–H and O–H groups in total. The number of thioether (sulfide) groups is 1. The minimum atomic E-state index is -3.45. The van der Waals surface area contributed by atoms with E-state index in [9.17, 15) is 18.0 Å². The SMILES string of the molecule is O=C1CSC(=O)N1C1CCN(S(=O)(=O)Cc2cccc(Cl)c2)CC1. The molecule has 130 valence electrons. The minimum absolute atomic E-state index is 0.102. The van der Waals surface area contributed by atoms with Crippen LogP contribution in [0.3, 0.4) is 0 Å². The van der Waals surface area contributed by atoms with Gasteiger partial charge in [0.2, 0.25) is 15.9 Å². The molecule has 0 atom stereocenters. The lowest BCUT2D eigenvalue weighted by Gasteiger charge is -2.34. The highest BCUT2D eigenvalue weighted by Crippen LogP contribution is 2.28. The van der Waals surface area contributed by atoms with Crippen LogP contribution in [0.5, 0.6) is 0 Å². The predicted octanol–water partition coefficient (Wildman–Crippen LogP) is 2.33. The summed E-state index contributed by atoms with van der Waals surface area (Å²) in [6.07, 6.45) is 0.958. The molecule has 1 aromatic carbocycles. The highest BCUT2D eigenvalue weighted by Gasteiger charge is 2.39. The predicted molar refractivity (Wildman–Crippen MR) is 93.4 cm³/mol. The number of halogens is 1. The number of rotatable bonds is 4. The summed E-state index contributed by atoms with van der Waals surface area (Å²) < 4.78 is 26.5. The Labute approximate surface area is 150 Å². The molecule has 0 bridgehead atoms. The van der Waals surface area contributed by atoms with Gasteiger partial charge in [0, 0.05) is 24.2 Å². The number of carbonyl (C=O) groups is 2. The average Bonchev–Trinajstić information content (AvgIpc) is 2.86. The summed E-state index contributed by atoms with van der Waals surface area (Å²) in [5, 5.41) is 0.283. The topological polar surface area (TPSA) is 74.8 Å². The van der Waals surface area contributed by atoms with Crippen molar-refractivity contribution in [3.63, 3.8) is 0 Å². The first-order chi connectivity index (χ1) is 11.4. The number of piperidine rings is 1. The Morgan fingerprint density at radius 1 is 1.21 bits per heavy atom. The van der Waals surface area contributed by atoms with Gasteiger partial charge in [-0.2, -0.15) is 0 Å². The number of sulfonamides is 1. The van der Waals surface area contributed by atoms with Crippen molar-refractivity contribution >= 4 is 44.5 Å². The highest BCUT2D eigenvalue weighted by atomic mass is 35.5. The number of hydrogen-bond donors (Lipinski definition) is 0. The lowest BCUT2D eigenvalue weighted by atomic mass is 10.1. The van der Waals surface area contributed by atoms with Crippen molar-refractivity contribution in [2.45, 2.75) is 24.6 Å². The molecule has 2 amide bonds. The molecule has 2 heterocycles. The van der Waals surface area contributed by atoms with Crippen LogP contribution in [-0.4, -0.2) is 53.7 Å². The van der Waals surface area contributed by atoms with Crippen molar-refractivity contribution in [2.24, 2.45) is 0 Å². The second kappa shape index (κ2) is 7.03. The molecule has 0 spiro atoms. The fourth-order valence-electron chi connectivity index (χ4n) is 3.02. The van der Waals surface area contributed by atoms with Gasteiger partial charge in [0.25, 0.3) is 5.24 Å². The molecule has 3 rings (SSSR count). The van der Waals surface area contributed by atoms with Gasteiger partial charge < -0.3 is 0 Å². The van der Waals surface area contributed by atoms with Crippen LogP contribution >= 0.6 is 23.4 Å². The zero-order chi connectivity index (χ0) is 17.3. The van der Waals surface area contributed by atoms with Crippen LogP contribution in [0.2, 0.25) is 5.02 Å². The minimum Gasteiger partial charge on any atom is -0.273 e. The Balaban J connectivity index is 1.63. The number of nitrogens with zero attached hydrogens (tertiary/aromatic N) is 2. The van der Waals surface area contributed by atoms with Crippen LogP contribution in [-0.2, 0) is 20.6 Å². The number of carbonyl (C=O) groups excluding carboxylic acids is 2. The molecular weight excluding hydrogens is 372 g/mol. The molecule has 24 heavy (non-hydrogen) atoms. The summed E-state index contributed by atoms with van der Waals surface area (Å²) in [4.78, 5) is 24.8. The first-order valence-electron chi connectivity index (χ1n) is 7.58. The summed E-state index contributed by atoms with van der Waals surface area (Å²) in [6.45, 7) is 0.630. The molecule has 1 aromatic rings. The summed E-state index contributed by atoms with van der Waals surface area (Å²) in [5.74, 6) is -0.0906. The van der Waals surface area contributed by atoms with E-state index in [0.29, 0.717) is 36.5 Å². The Bertz CT molecular complexity index is 744. The van der Waals surface area contributed by atoms with Crippen molar-refractivity contribution in [2.75, 3.05) is 18.8 Å². The molecule has 0 aromatic heterocycles. The monoisotopic (exact) mass is 388 g/mol. The maximum atomic E-state index is 12.6. The maximum absolute atomic E-state index is 12.6. The van der Waals surface area contributed by atoms with Gasteiger partial charge in [-0.25, -0.2) is 12.7 Å². The van der Waals surface area contributed by atoms with Crippen LogP contribution in [0.1, 0.15) is 18.4 Å². The van der Waals surface area contributed by atoms with Gasteiger partial charge in [0.15, 0.2) is 0 Å². The van der Waals surface area contributed by atoms with Gasteiger partial charge >= 0.3 is 0 Å². The molecule has 2 saturated heterocycles. The van der Waals surface area contributed by atoms with Gasteiger partial charge in [0.1, 0.15) is 0 Å². The lowest BCUT2D eigenvalue weighted by molar-refractivity contribution is -0.126. The van der Waals surface area contributed by atoms with Crippen molar-refractivity contribution in [1.29, 1.82) is 0 Å². The van der Waals surface area contributed by atoms with Crippen LogP contribution in [0.15, 0.2) is 24.3 Å². The number of imide groups is 1. The maximum Gasteiger partial charge on any atom is 0.289 e. The molecular formula is C15H17ClN2O4S2. The largest absolute Gasteiger partial charge is 0.289 e. The summed E-state index contributed by atoms with van der Waals surface area (Å²) in [7, 11) is -3.45. The molecule has 0 unspecified atom stereocenters. The molecule has 2 aliphatic heterocycles. The van der Waals surface area contributed by atoms with E-state index in [1.54, 1.807) is 24.3 Å². The molecule has 2 fully saturated rings. The van der Waals surface area contributed by atoms with Gasteiger partial charge in [0.05, 0.1) is 11.5 Å². The number of amides is 2. The molecule has 6 nitrogen and oxygen atoms in total. The van der Waals surface area contributed by atoms with E-state index in [2.05, 4.69) is 0 Å². The summed E-state index contributed by atoms with van der Waals surface area (Å²) >= 11 is 6.91. The number of benzene rings is 1. The van der Waals surface area contributed by atoms with E-state index < -0.39 is 10.0 Å². The van der Waals surface area contributed by atoms with Crippen molar-refractivity contribution < 1.29 is 18.0 Å². The van der Waals surface area contributed by atoms with E-state index >= 15 is 0 Å². The van der Waals surface area contributed by atoms with Gasteiger partial charge in [-0.3, -0.25) is 14.5 Å². The smallest absolute Gasteiger partial charge is 0.273 e. The summed E-state index contributed by atoms with van der Waals surface area (Å²) in [5.41, 5.74) is 0.644. The Hall–Kier alpha value is -1.09.